The molecule has 0 aromatic heterocycles. The predicted octanol–water partition coefficient (Wildman–Crippen LogP) is 5.65. The van der Waals surface area contributed by atoms with E-state index in [1.807, 2.05) is 0 Å². The van der Waals surface area contributed by atoms with Crippen LogP contribution in [0.1, 0.15) is 56.0 Å². The predicted molar refractivity (Wildman–Crippen MR) is 109 cm³/mol. The van der Waals surface area contributed by atoms with E-state index in [0.29, 0.717) is 5.11 Å². The Bertz CT molecular complexity index is 712. The molecule has 3 heteroatoms. The zero-order valence-electron chi connectivity index (χ0n) is 15.5. The molecule has 0 bridgehead atoms. The van der Waals surface area contributed by atoms with E-state index in [-0.39, 0.29) is 11.5 Å². The molecule has 0 aliphatic rings. The lowest BCUT2D eigenvalue weighted by Gasteiger charge is -2.21. The Morgan fingerprint density at radius 3 is 2.17 bits per heavy atom. The van der Waals surface area contributed by atoms with Crippen molar-refractivity contribution in [2.75, 3.05) is 5.32 Å². The molecule has 1 unspecified atom stereocenters. The quantitative estimate of drug-likeness (QED) is 0.706. The van der Waals surface area contributed by atoms with E-state index in [9.17, 15) is 0 Å². The Balaban J connectivity index is 2.01. The van der Waals surface area contributed by atoms with Crippen LogP contribution in [0.15, 0.2) is 42.5 Å². The van der Waals surface area contributed by atoms with Crippen molar-refractivity contribution in [3.8, 4) is 0 Å². The van der Waals surface area contributed by atoms with Crippen molar-refractivity contribution in [3.63, 3.8) is 0 Å². The van der Waals surface area contributed by atoms with Crippen LogP contribution in [0, 0.1) is 13.8 Å². The number of rotatable bonds is 3. The first-order valence-corrected chi connectivity index (χ1v) is 8.83. The molecule has 24 heavy (non-hydrogen) atoms. The van der Waals surface area contributed by atoms with E-state index < -0.39 is 0 Å². The van der Waals surface area contributed by atoms with E-state index in [1.54, 1.807) is 0 Å². The van der Waals surface area contributed by atoms with Gasteiger partial charge in [-0.25, -0.2) is 0 Å². The van der Waals surface area contributed by atoms with Gasteiger partial charge in [0.25, 0.3) is 0 Å². The number of thiocarbonyl (C=S) groups is 1. The number of hydrogen-bond donors (Lipinski definition) is 2. The third-order valence-corrected chi connectivity index (χ3v) is 4.47. The van der Waals surface area contributed by atoms with Crippen molar-refractivity contribution in [1.82, 2.24) is 5.32 Å². The Labute approximate surface area is 151 Å². The molecule has 0 fully saturated rings. The van der Waals surface area contributed by atoms with Crippen LogP contribution in [0.2, 0.25) is 0 Å². The summed E-state index contributed by atoms with van der Waals surface area (Å²) in [6.45, 7) is 13.0. The third kappa shape index (κ3) is 4.81. The lowest BCUT2D eigenvalue weighted by Crippen LogP contribution is -2.31. The zero-order chi connectivity index (χ0) is 17.9. The van der Waals surface area contributed by atoms with Crippen LogP contribution in [0.25, 0.3) is 0 Å². The maximum atomic E-state index is 5.47. The minimum atomic E-state index is 0.157. The Kier molecular flexibility index (Phi) is 5.66. The second-order valence-corrected chi connectivity index (χ2v) is 7.92. The van der Waals surface area contributed by atoms with Gasteiger partial charge < -0.3 is 10.6 Å². The number of hydrogen-bond acceptors (Lipinski definition) is 1. The monoisotopic (exact) mass is 340 g/mol. The zero-order valence-corrected chi connectivity index (χ0v) is 16.3. The smallest absolute Gasteiger partial charge is 0.171 e. The standard InChI is InChI=1S/C21H28N2S/c1-14-7-12-19(15(2)13-14)23-20(24)22-16(3)17-8-10-18(11-9-17)21(4,5)6/h7-13,16H,1-6H3,(H2,22,23,24). The van der Waals surface area contributed by atoms with Crippen molar-refractivity contribution in [1.29, 1.82) is 0 Å². The Morgan fingerprint density at radius 2 is 1.62 bits per heavy atom. The highest BCUT2D eigenvalue weighted by atomic mass is 32.1. The summed E-state index contributed by atoms with van der Waals surface area (Å²) in [5.74, 6) is 0. The largest absolute Gasteiger partial charge is 0.356 e. The number of aryl methyl sites for hydroxylation is 2. The van der Waals surface area contributed by atoms with Gasteiger partial charge in [0.1, 0.15) is 0 Å². The van der Waals surface area contributed by atoms with Crippen LogP contribution < -0.4 is 10.6 Å². The summed E-state index contributed by atoms with van der Waals surface area (Å²) in [5, 5.41) is 7.31. The molecule has 1 atom stereocenters. The van der Waals surface area contributed by atoms with Crippen LogP contribution in [0.3, 0.4) is 0 Å². The fourth-order valence-corrected chi connectivity index (χ4v) is 2.95. The molecule has 0 amide bonds. The summed E-state index contributed by atoms with van der Waals surface area (Å²) in [6, 6.07) is 15.2. The molecule has 128 valence electrons. The van der Waals surface area contributed by atoms with Gasteiger partial charge in [0.05, 0.1) is 6.04 Å². The first kappa shape index (κ1) is 18.5. The molecule has 2 rings (SSSR count). The molecule has 0 saturated carbocycles. The van der Waals surface area contributed by atoms with Crippen molar-refractivity contribution in [2.45, 2.75) is 53.0 Å². The molecular weight excluding hydrogens is 312 g/mol. The first-order chi connectivity index (χ1) is 11.2. The number of benzene rings is 2. The summed E-state index contributed by atoms with van der Waals surface area (Å²) in [4.78, 5) is 0. The van der Waals surface area contributed by atoms with Gasteiger partial charge in [-0.15, -0.1) is 0 Å². The van der Waals surface area contributed by atoms with Crippen molar-refractivity contribution >= 4 is 23.0 Å². The Hall–Kier alpha value is -1.87. The minimum Gasteiger partial charge on any atom is -0.356 e. The molecular formula is C21H28N2S. The number of anilines is 1. The second-order valence-electron chi connectivity index (χ2n) is 7.51. The third-order valence-electron chi connectivity index (χ3n) is 4.25. The molecule has 2 aromatic rings. The van der Waals surface area contributed by atoms with E-state index in [0.717, 1.165) is 5.69 Å². The van der Waals surface area contributed by atoms with Gasteiger partial charge in [-0.1, -0.05) is 62.7 Å². The SMILES string of the molecule is Cc1ccc(NC(=S)NC(C)c2ccc(C(C)(C)C)cc2)c(C)c1. The fraction of sp³-hybridized carbons (Fsp3) is 0.381. The van der Waals surface area contributed by atoms with Crippen LogP contribution >= 0.6 is 12.2 Å². The Morgan fingerprint density at radius 1 is 1.00 bits per heavy atom. The minimum absolute atomic E-state index is 0.157. The highest BCUT2D eigenvalue weighted by molar-refractivity contribution is 7.80. The van der Waals surface area contributed by atoms with Gasteiger partial charge in [-0.3, -0.25) is 0 Å². The second kappa shape index (κ2) is 7.35. The highest BCUT2D eigenvalue weighted by Crippen LogP contribution is 2.24. The molecule has 0 aliphatic carbocycles. The average molecular weight is 341 g/mol. The van der Waals surface area contributed by atoms with Gasteiger partial charge in [0.15, 0.2) is 5.11 Å². The molecule has 0 saturated heterocycles. The van der Waals surface area contributed by atoms with Gasteiger partial charge in [-0.2, -0.15) is 0 Å². The lowest BCUT2D eigenvalue weighted by atomic mass is 9.86. The highest BCUT2D eigenvalue weighted by Gasteiger charge is 2.14. The molecule has 0 radical (unpaired) electrons. The summed E-state index contributed by atoms with van der Waals surface area (Å²) in [7, 11) is 0. The molecule has 2 aromatic carbocycles. The van der Waals surface area contributed by atoms with Crippen molar-refractivity contribution in [2.24, 2.45) is 0 Å². The van der Waals surface area contributed by atoms with Crippen molar-refractivity contribution < 1.29 is 0 Å². The van der Waals surface area contributed by atoms with Gasteiger partial charge in [0.2, 0.25) is 0 Å². The summed E-state index contributed by atoms with van der Waals surface area (Å²) in [6.07, 6.45) is 0. The molecule has 2 N–H and O–H groups in total. The van der Waals surface area contributed by atoms with E-state index in [1.165, 1.54) is 22.3 Å². The van der Waals surface area contributed by atoms with E-state index in [4.69, 9.17) is 12.2 Å². The van der Waals surface area contributed by atoms with Gasteiger partial charge in [0, 0.05) is 5.69 Å². The molecule has 0 heterocycles. The van der Waals surface area contributed by atoms with Gasteiger partial charge in [-0.05, 0) is 61.2 Å². The summed E-state index contributed by atoms with van der Waals surface area (Å²) < 4.78 is 0. The molecule has 2 nitrogen and oxygen atoms in total. The first-order valence-electron chi connectivity index (χ1n) is 8.42. The van der Waals surface area contributed by atoms with Crippen LogP contribution in [0.4, 0.5) is 5.69 Å². The molecule has 0 aliphatic heterocycles. The maximum absolute atomic E-state index is 5.47. The summed E-state index contributed by atoms with van der Waals surface area (Å²) in [5.41, 5.74) is 6.25. The van der Waals surface area contributed by atoms with Crippen LogP contribution in [-0.2, 0) is 5.41 Å². The van der Waals surface area contributed by atoms with Gasteiger partial charge >= 0.3 is 0 Å². The molecule has 0 spiro atoms. The van der Waals surface area contributed by atoms with Crippen LogP contribution in [-0.4, -0.2) is 5.11 Å². The maximum Gasteiger partial charge on any atom is 0.171 e. The van der Waals surface area contributed by atoms with E-state index in [2.05, 4.69) is 94.6 Å². The van der Waals surface area contributed by atoms with Crippen LogP contribution in [0.5, 0.6) is 0 Å². The summed E-state index contributed by atoms with van der Waals surface area (Å²) >= 11 is 5.47. The van der Waals surface area contributed by atoms with E-state index >= 15 is 0 Å². The lowest BCUT2D eigenvalue weighted by molar-refractivity contribution is 0.589. The number of nitrogens with one attached hydrogen (secondary N) is 2. The average Bonchev–Trinajstić information content (AvgIpc) is 2.49. The fourth-order valence-electron chi connectivity index (χ4n) is 2.66. The topological polar surface area (TPSA) is 24.1 Å². The van der Waals surface area contributed by atoms with Crippen molar-refractivity contribution in [3.05, 3.63) is 64.7 Å². The normalized spacial score (nSPS) is 12.6.